The number of nitrogens with one attached hydrogen (secondary N) is 1. The van der Waals surface area contributed by atoms with Crippen LogP contribution in [0.5, 0.6) is 0 Å². The van der Waals surface area contributed by atoms with Crippen molar-refractivity contribution in [2.75, 3.05) is 6.54 Å². The van der Waals surface area contributed by atoms with Crippen LogP contribution in [-0.2, 0) is 23.9 Å². The molecule has 47 heavy (non-hydrogen) atoms. The van der Waals surface area contributed by atoms with Gasteiger partial charge in [-0.1, -0.05) is 46.8 Å². The third kappa shape index (κ3) is 5.46. The van der Waals surface area contributed by atoms with Crippen LogP contribution in [0, 0.1) is 62.1 Å². The maximum Gasteiger partial charge on any atom is 0.309 e. The number of hydrogen-bond donors (Lipinski definition) is 3. The molecule has 0 aliphatic heterocycles. The fourth-order valence-electron chi connectivity index (χ4n) is 12.8. The maximum atomic E-state index is 14.0. The summed E-state index contributed by atoms with van der Waals surface area (Å²) >= 11 is 0. The molecule has 3 N–H and O–H groups in total. The molecule has 0 aromatic rings. The van der Waals surface area contributed by atoms with E-state index in [1.54, 1.807) is 13.8 Å². The van der Waals surface area contributed by atoms with Gasteiger partial charge >= 0.3 is 17.9 Å². The van der Waals surface area contributed by atoms with Gasteiger partial charge in [0.2, 0.25) is 5.91 Å². The number of carbonyl (C=O) groups excluding carboxylic acids is 2. The van der Waals surface area contributed by atoms with E-state index in [9.17, 15) is 29.4 Å². The summed E-state index contributed by atoms with van der Waals surface area (Å²) in [6.07, 6.45) is 9.35. The van der Waals surface area contributed by atoms with Gasteiger partial charge in [0, 0.05) is 12.0 Å². The number of esters is 1. The highest BCUT2D eigenvalue weighted by Gasteiger charge is 2.72. The maximum absolute atomic E-state index is 14.0. The van der Waals surface area contributed by atoms with E-state index in [4.69, 9.17) is 4.74 Å². The first-order valence-electron chi connectivity index (χ1n) is 18.3. The lowest BCUT2D eigenvalue weighted by molar-refractivity contribution is -0.249. The van der Waals surface area contributed by atoms with E-state index in [1.165, 1.54) is 5.57 Å². The molecule has 10 atom stereocenters. The zero-order valence-electron chi connectivity index (χ0n) is 30.3. The Morgan fingerprint density at radius 3 is 2.15 bits per heavy atom. The third-order valence-electron chi connectivity index (χ3n) is 15.5. The van der Waals surface area contributed by atoms with E-state index in [0.29, 0.717) is 23.7 Å². The normalized spacial score (nSPS) is 42.1. The molecule has 0 heterocycles. The fourth-order valence-corrected chi connectivity index (χ4v) is 12.8. The molecule has 5 saturated carbocycles. The highest BCUT2D eigenvalue weighted by atomic mass is 16.5. The second-order valence-electron chi connectivity index (χ2n) is 18.4. The summed E-state index contributed by atoms with van der Waals surface area (Å²) in [5.74, 6) is -0.451. The van der Waals surface area contributed by atoms with Crippen LogP contribution < -0.4 is 5.32 Å². The van der Waals surface area contributed by atoms with Gasteiger partial charge in [-0.2, -0.15) is 0 Å². The average Bonchev–Trinajstić information content (AvgIpc) is 3.36. The molecule has 8 nitrogen and oxygen atoms in total. The smallest absolute Gasteiger partial charge is 0.309 e. The number of hydrogen-bond acceptors (Lipinski definition) is 5. The topological polar surface area (TPSA) is 130 Å². The largest absolute Gasteiger partial charge is 0.481 e. The van der Waals surface area contributed by atoms with Crippen molar-refractivity contribution in [2.24, 2.45) is 62.1 Å². The molecule has 0 aromatic heterocycles. The van der Waals surface area contributed by atoms with Crippen molar-refractivity contribution in [3.63, 3.8) is 0 Å². The van der Waals surface area contributed by atoms with Gasteiger partial charge in [-0.3, -0.25) is 19.2 Å². The Balaban J connectivity index is 1.41. The van der Waals surface area contributed by atoms with E-state index >= 15 is 0 Å². The van der Waals surface area contributed by atoms with Crippen molar-refractivity contribution in [3.8, 4) is 0 Å². The van der Waals surface area contributed by atoms with Gasteiger partial charge in [0.15, 0.2) is 0 Å². The number of rotatable bonds is 9. The summed E-state index contributed by atoms with van der Waals surface area (Å²) < 4.78 is 6.13. The second-order valence-corrected chi connectivity index (χ2v) is 18.4. The summed E-state index contributed by atoms with van der Waals surface area (Å²) in [5, 5.41) is 21.8. The summed E-state index contributed by atoms with van der Waals surface area (Å²) in [7, 11) is 0. The van der Waals surface area contributed by atoms with E-state index in [1.807, 2.05) is 0 Å². The molecule has 5 aliphatic carbocycles. The second kappa shape index (κ2) is 11.9. The SMILES string of the molecule is C=C(C)[C@@H]1CC[C@]2(C(=O)NCCC(=O)O)CC[C@]3(C)[C@H](CC[C@@H]4[C@@]5(C)CC[C@H](OC(=O)CC(C)(C)C(=O)O)C(C)(C)[C@@H]5CC[C@]43C)[C@@H]12. The van der Waals surface area contributed by atoms with Gasteiger partial charge in [0.05, 0.1) is 23.7 Å². The van der Waals surface area contributed by atoms with Gasteiger partial charge in [0.1, 0.15) is 6.10 Å². The standard InChI is InChI=1S/C39H61NO7/c1-23(2)24-12-18-39(32(44)40-21-15-29(41)42)20-19-37(8)25(31(24)39)10-11-27-36(7)16-14-28(47-30(43)22-34(3,4)33(45)46)35(5,6)26(36)13-17-38(27,37)9/h24-28,31H,1,10-22H2,2-9H3,(H,40,44)(H,41,42)(H,45,46)/t24-,25+,26-,27+,28-,31+,36-,37+,38+,39-/m0/s1. The van der Waals surface area contributed by atoms with Crippen molar-refractivity contribution in [1.82, 2.24) is 5.32 Å². The highest BCUT2D eigenvalue weighted by Crippen LogP contribution is 2.77. The Morgan fingerprint density at radius 1 is 0.851 bits per heavy atom. The first-order chi connectivity index (χ1) is 21.7. The quantitative estimate of drug-likeness (QED) is 0.172. The Hall–Kier alpha value is -2.38. The van der Waals surface area contributed by atoms with Crippen LogP contribution in [0.3, 0.4) is 0 Å². The minimum absolute atomic E-state index is 0.0545. The average molecular weight is 656 g/mol. The number of carboxylic acids is 2. The molecule has 0 unspecified atom stereocenters. The van der Waals surface area contributed by atoms with Crippen molar-refractivity contribution in [3.05, 3.63) is 12.2 Å². The minimum atomic E-state index is -1.16. The fraction of sp³-hybridized carbons (Fsp3) is 0.846. The van der Waals surface area contributed by atoms with E-state index in [0.717, 1.165) is 64.2 Å². The number of ether oxygens (including phenoxy) is 1. The van der Waals surface area contributed by atoms with E-state index in [2.05, 4.69) is 53.4 Å². The summed E-state index contributed by atoms with van der Waals surface area (Å²) in [6, 6.07) is 0. The number of carboxylic acid groups (broad SMARTS) is 2. The van der Waals surface area contributed by atoms with Crippen molar-refractivity contribution in [1.29, 1.82) is 0 Å². The van der Waals surface area contributed by atoms with Crippen molar-refractivity contribution >= 4 is 23.8 Å². The monoisotopic (exact) mass is 655 g/mol. The van der Waals surface area contributed by atoms with E-state index < -0.39 is 28.7 Å². The van der Waals surface area contributed by atoms with Crippen molar-refractivity contribution < 1.29 is 34.1 Å². The lowest BCUT2D eigenvalue weighted by atomic mass is 9.32. The van der Waals surface area contributed by atoms with Gasteiger partial charge < -0.3 is 20.3 Å². The lowest BCUT2D eigenvalue weighted by Crippen LogP contribution is -2.67. The molecule has 0 radical (unpaired) electrons. The summed E-state index contributed by atoms with van der Waals surface area (Å²) in [4.78, 5) is 49.9. The molecule has 5 rings (SSSR count). The number of amides is 1. The highest BCUT2D eigenvalue weighted by molar-refractivity contribution is 5.84. The molecule has 5 fully saturated rings. The first-order valence-corrected chi connectivity index (χ1v) is 18.3. The van der Waals surface area contributed by atoms with Gasteiger partial charge in [0.25, 0.3) is 0 Å². The number of aliphatic carboxylic acids is 2. The van der Waals surface area contributed by atoms with Crippen molar-refractivity contribution in [2.45, 2.75) is 139 Å². The van der Waals surface area contributed by atoms with Crippen LogP contribution in [0.25, 0.3) is 0 Å². The van der Waals surface area contributed by atoms with Gasteiger partial charge in [-0.15, -0.1) is 0 Å². The summed E-state index contributed by atoms with van der Waals surface area (Å²) in [5.41, 5.74) is -0.446. The molecule has 8 heteroatoms. The molecule has 0 aromatic carbocycles. The van der Waals surface area contributed by atoms with Crippen LogP contribution in [0.4, 0.5) is 0 Å². The number of carbonyl (C=O) groups is 4. The Kier molecular flexibility index (Phi) is 9.09. The molecule has 0 saturated heterocycles. The molecular weight excluding hydrogens is 594 g/mol. The predicted octanol–water partition coefficient (Wildman–Crippen LogP) is 7.65. The molecule has 0 spiro atoms. The third-order valence-corrected chi connectivity index (χ3v) is 15.5. The molecular formula is C39H61NO7. The van der Waals surface area contributed by atoms with Gasteiger partial charge in [-0.25, -0.2) is 0 Å². The van der Waals surface area contributed by atoms with Crippen LogP contribution >= 0.6 is 0 Å². The molecule has 1 amide bonds. The van der Waals surface area contributed by atoms with Crippen LogP contribution in [0.1, 0.15) is 132 Å². The Labute approximate surface area is 282 Å². The molecule has 0 bridgehead atoms. The Morgan fingerprint density at radius 2 is 1.53 bits per heavy atom. The van der Waals surface area contributed by atoms with E-state index in [-0.39, 0.29) is 59.0 Å². The number of fused-ring (bicyclic) bond motifs is 7. The lowest BCUT2D eigenvalue weighted by Gasteiger charge is -2.72. The Bertz CT molecular complexity index is 1320. The van der Waals surface area contributed by atoms with Crippen LogP contribution in [0.2, 0.25) is 0 Å². The molecule has 264 valence electrons. The first kappa shape index (κ1) is 35.9. The van der Waals surface area contributed by atoms with Crippen LogP contribution in [0.15, 0.2) is 12.2 Å². The predicted molar refractivity (Wildman–Crippen MR) is 180 cm³/mol. The minimum Gasteiger partial charge on any atom is -0.481 e. The zero-order valence-corrected chi connectivity index (χ0v) is 30.3. The number of allylic oxidation sites excluding steroid dienone is 1. The zero-order chi connectivity index (χ0) is 35.0. The summed E-state index contributed by atoms with van der Waals surface area (Å²) in [6.45, 7) is 22.0. The van der Waals surface area contributed by atoms with Gasteiger partial charge in [-0.05, 0) is 131 Å². The van der Waals surface area contributed by atoms with Crippen LogP contribution in [-0.4, -0.2) is 46.7 Å². The molecule has 5 aliphatic rings.